The summed E-state index contributed by atoms with van der Waals surface area (Å²) in [5, 5.41) is 10.4. The summed E-state index contributed by atoms with van der Waals surface area (Å²) in [6.45, 7) is 4.39. The van der Waals surface area contributed by atoms with E-state index in [1.165, 1.54) is 0 Å². The van der Waals surface area contributed by atoms with Crippen LogP contribution in [0.3, 0.4) is 0 Å². The quantitative estimate of drug-likeness (QED) is 0.757. The van der Waals surface area contributed by atoms with Gasteiger partial charge in [-0.25, -0.2) is 0 Å². The number of carbonyl (C=O) groups excluding carboxylic acids is 1. The minimum atomic E-state index is -0.152. The first-order valence-corrected chi connectivity index (χ1v) is 9.77. The van der Waals surface area contributed by atoms with E-state index < -0.39 is 0 Å². The Morgan fingerprint density at radius 2 is 1.89 bits per heavy atom. The third kappa shape index (κ3) is 3.65. The first-order chi connectivity index (χ1) is 13.0. The number of rotatable bonds is 3. The van der Waals surface area contributed by atoms with Crippen molar-refractivity contribution >= 4 is 27.8 Å². The monoisotopic (exact) mass is 428 g/mol. The lowest BCUT2D eigenvalue weighted by Gasteiger charge is -2.32. The molecule has 1 saturated heterocycles. The van der Waals surface area contributed by atoms with Gasteiger partial charge in [0.1, 0.15) is 11.5 Å². The molecule has 27 heavy (non-hydrogen) atoms. The van der Waals surface area contributed by atoms with Crippen LogP contribution in [0.1, 0.15) is 21.5 Å². The third-order valence-corrected chi connectivity index (χ3v) is 5.81. The zero-order valence-corrected chi connectivity index (χ0v) is 16.7. The lowest BCUT2D eigenvalue weighted by Crippen LogP contribution is -2.43. The van der Waals surface area contributed by atoms with Gasteiger partial charge in [0, 0.05) is 37.2 Å². The average Bonchev–Trinajstić information content (AvgIpc) is 2.97. The average molecular weight is 429 g/mol. The number of benzene rings is 2. The van der Waals surface area contributed by atoms with E-state index in [4.69, 9.17) is 4.74 Å². The number of phenols is 1. The summed E-state index contributed by atoms with van der Waals surface area (Å²) >= 11 is 3.49. The van der Waals surface area contributed by atoms with Gasteiger partial charge in [-0.1, -0.05) is 34.1 Å². The number of Topliss-reactive ketones (excluding diaryl/α,β-unsaturated/α-hetero) is 1. The minimum absolute atomic E-state index is 0.152. The fourth-order valence-electron chi connectivity index (χ4n) is 3.41. The number of likely N-dealkylation sites (N-methyl/N-ethyl adjacent to an activating group) is 1. The molecule has 4 rings (SSSR count). The number of ether oxygens (including phenoxy) is 1. The molecule has 2 aromatic rings. The predicted octanol–water partition coefficient (Wildman–Crippen LogP) is 3.52. The third-order valence-electron chi connectivity index (χ3n) is 5.09. The minimum Gasteiger partial charge on any atom is -0.507 e. The summed E-state index contributed by atoms with van der Waals surface area (Å²) in [6.07, 6.45) is 1.74. The van der Waals surface area contributed by atoms with Crippen molar-refractivity contribution in [3.63, 3.8) is 0 Å². The largest absolute Gasteiger partial charge is 0.507 e. The van der Waals surface area contributed by atoms with Gasteiger partial charge in [0.25, 0.3) is 0 Å². The maximum atomic E-state index is 12.8. The Hall–Kier alpha value is -2.15. The first kappa shape index (κ1) is 18.2. The number of aromatic hydroxyl groups is 1. The molecule has 5 nitrogen and oxygen atoms in total. The fraction of sp³-hybridized carbons (Fsp3) is 0.286. The highest BCUT2D eigenvalue weighted by Gasteiger charge is 2.32. The summed E-state index contributed by atoms with van der Waals surface area (Å²) in [5.41, 5.74) is 2.06. The molecule has 0 radical (unpaired) electrons. The van der Waals surface area contributed by atoms with Crippen molar-refractivity contribution in [1.82, 2.24) is 9.80 Å². The van der Waals surface area contributed by atoms with Crippen molar-refractivity contribution < 1.29 is 14.6 Å². The van der Waals surface area contributed by atoms with Crippen molar-refractivity contribution in [3.05, 3.63) is 63.3 Å². The molecular weight excluding hydrogens is 408 g/mol. The van der Waals surface area contributed by atoms with Gasteiger partial charge < -0.3 is 14.7 Å². The molecule has 140 valence electrons. The Bertz CT molecular complexity index is 918. The molecule has 0 unspecified atom stereocenters. The highest BCUT2D eigenvalue weighted by molar-refractivity contribution is 9.10. The predicted molar refractivity (Wildman–Crippen MR) is 108 cm³/mol. The zero-order valence-electron chi connectivity index (χ0n) is 15.1. The Balaban J connectivity index is 1.64. The number of ketones is 1. The van der Waals surface area contributed by atoms with Crippen molar-refractivity contribution in [3.8, 4) is 11.5 Å². The molecule has 2 aliphatic heterocycles. The van der Waals surface area contributed by atoms with E-state index in [1.54, 1.807) is 18.2 Å². The molecule has 1 N–H and O–H groups in total. The SMILES string of the molecule is CN1CCN(Cc2c(O)ccc3c2OC(=Cc2ccccc2Br)C3=O)CC1. The van der Waals surface area contributed by atoms with Gasteiger partial charge in [0.05, 0.1) is 11.1 Å². The van der Waals surface area contributed by atoms with Gasteiger partial charge in [0.15, 0.2) is 5.76 Å². The summed E-state index contributed by atoms with van der Waals surface area (Å²) in [4.78, 5) is 17.4. The number of hydrogen-bond donors (Lipinski definition) is 1. The highest BCUT2D eigenvalue weighted by Crippen LogP contribution is 2.40. The molecular formula is C21H21BrN2O3. The second-order valence-corrected chi connectivity index (χ2v) is 7.83. The van der Waals surface area contributed by atoms with E-state index in [0.717, 1.165) is 36.2 Å². The summed E-state index contributed by atoms with van der Waals surface area (Å²) in [5.74, 6) is 0.780. The molecule has 2 heterocycles. The molecule has 0 amide bonds. The van der Waals surface area contributed by atoms with Crippen LogP contribution in [0.25, 0.3) is 6.08 Å². The summed E-state index contributed by atoms with van der Waals surface area (Å²) in [7, 11) is 2.11. The smallest absolute Gasteiger partial charge is 0.231 e. The lowest BCUT2D eigenvalue weighted by molar-refractivity contribution is 0.101. The van der Waals surface area contributed by atoms with Gasteiger partial charge in [0.2, 0.25) is 5.78 Å². The topological polar surface area (TPSA) is 53.0 Å². The van der Waals surface area contributed by atoms with Crippen molar-refractivity contribution in [1.29, 1.82) is 0 Å². The van der Waals surface area contributed by atoms with Crippen LogP contribution in [-0.4, -0.2) is 53.9 Å². The van der Waals surface area contributed by atoms with Gasteiger partial charge >= 0.3 is 0 Å². The van der Waals surface area contributed by atoms with Crippen LogP contribution in [0.4, 0.5) is 0 Å². The van der Waals surface area contributed by atoms with Crippen LogP contribution in [0.2, 0.25) is 0 Å². The zero-order chi connectivity index (χ0) is 19.0. The van der Waals surface area contributed by atoms with Crippen LogP contribution in [-0.2, 0) is 6.54 Å². The number of halogens is 1. The first-order valence-electron chi connectivity index (χ1n) is 8.97. The Morgan fingerprint density at radius 1 is 1.15 bits per heavy atom. The number of phenolic OH excluding ortho intramolecular Hbond substituents is 1. The molecule has 0 bridgehead atoms. The number of fused-ring (bicyclic) bond motifs is 1. The number of allylic oxidation sites excluding steroid dienone is 1. The summed E-state index contributed by atoms with van der Waals surface area (Å²) < 4.78 is 6.84. The number of hydrogen-bond acceptors (Lipinski definition) is 5. The molecule has 0 atom stereocenters. The maximum absolute atomic E-state index is 12.8. The number of nitrogens with zero attached hydrogens (tertiary/aromatic N) is 2. The van der Waals surface area contributed by atoms with E-state index in [-0.39, 0.29) is 17.3 Å². The van der Waals surface area contributed by atoms with E-state index >= 15 is 0 Å². The number of piperazine rings is 1. The standard InChI is InChI=1S/C21H21BrN2O3/c1-23-8-10-24(11-9-23)13-16-18(25)7-6-15-20(26)19(27-21(15)16)12-14-4-2-3-5-17(14)22/h2-7,12,25H,8-11,13H2,1H3. The highest BCUT2D eigenvalue weighted by atomic mass is 79.9. The van der Waals surface area contributed by atoms with Crippen LogP contribution in [0, 0.1) is 0 Å². The fourth-order valence-corrected chi connectivity index (χ4v) is 3.81. The van der Waals surface area contributed by atoms with Gasteiger partial charge in [-0.05, 0) is 36.9 Å². The normalized spacial score (nSPS) is 19.3. The van der Waals surface area contributed by atoms with E-state index in [0.29, 0.717) is 23.4 Å². The Morgan fingerprint density at radius 3 is 2.63 bits per heavy atom. The van der Waals surface area contributed by atoms with Crippen LogP contribution in [0.5, 0.6) is 11.5 Å². The lowest BCUT2D eigenvalue weighted by atomic mass is 10.0. The van der Waals surface area contributed by atoms with Crippen molar-refractivity contribution in [2.75, 3.05) is 33.2 Å². The molecule has 1 fully saturated rings. The van der Waals surface area contributed by atoms with Crippen molar-refractivity contribution in [2.24, 2.45) is 0 Å². The van der Waals surface area contributed by atoms with Crippen LogP contribution >= 0.6 is 15.9 Å². The van der Waals surface area contributed by atoms with E-state index in [2.05, 4.69) is 32.8 Å². The molecule has 6 heteroatoms. The molecule has 2 aromatic carbocycles. The molecule has 0 saturated carbocycles. The molecule has 0 aromatic heterocycles. The Labute approximate surface area is 167 Å². The molecule has 2 aliphatic rings. The molecule has 0 spiro atoms. The van der Waals surface area contributed by atoms with Crippen LogP contribution in [0.15, 0.2) is 46.6 Å². The van der Waals surface area contributed by atoms with Crippen LogP contribution < -0.4 is 4.74 Å². The second-order valence-electron chi connectivity index (χ2n) is 6.98. The van der Waals surface area contributed by atoms with Gasteiger partial charge in [-0.15, -0.1) is 0 Å². The van der Waals surface area contributed by atoms with Crippen molar-refractivity contribution in [2.45, 2.75) is 6.54 Å². The van der Waals surface area contributed by atoms with E-state index in [1.807, 2.05) is 24.3 Å². The van der Waals surface area contributed by atoms with Gasteiger partial charge in [-0.2, -0.15) is 0 Å². The van der Waals surface area contributed by atoms with E-state index in [9.17, 15) is 9.90 Å². The maximum Gasteiger partial charge on any atom is 0.231 e. The molecule has 0 aliphatic carbocycles. The Kier molecular flexibility index (Phi) is 5.04. The summed E-state index contributed by atoms with van der Waals surface area (Å²) in [6, 6.07) is 10.9. The number of carbonyl (C=O) groups is 1. The second kappa shape index (κ2) is 7.46. The van der Waals surface area contributed by atoms with Gasteiger partial charge in [-0.3, -0.25) is 9.69 Å².